The van der Waals surface area contributed by atoms with Gasteiger partial charge in [0, 0.05) is 5.56 Å². The maximum absolute atomic E-state index is 11.8. The minimum Gasteiger partial charge on any atom is -0.493 e. The van der Waals surface area contributed by atoms with Crippen molar-refractivity contribution in [2.75, 3.05) is 13.2 Å². The molecule has 1 aliphatic rings. The summed E-state index contributed by atoms with van der Waals surface area (Å²) < 4.78 is 10.6. The first-order valence-corrected chi connectivity index (χ1v) is 6.63. The van der Waals surface area contributed by atoms with Crippen molar-refractivity contribution in [3.8, 4) is 17.0 Å². The SMILES string of the molecule is CCOC(=O)c1n[nH]nc1-c1ccc2c(c1)CCCO2. The zero-order valence-electron chi connectivity index (χ0n) is 11.2. The lowest BCUT2D eigenvalue weighted by Gasteiger charge is -2.17. The standard InChI is InChI=1S/C14H15N3O3/c1-2-19-14(18)13-12(15-17-16-13)10-5-6-11-9(8-10)4-3-7-20-11/h5-6,8H,2-4,7H2,1H3,(H,15,16,17). The van der Waals surface area contributed by atoms with Gasteiger partial charge in [0.2, 0.25) is 0 Å². The van der Waals surface area contributed by atoms with Crippen LogP contribution in [-0.4, -0.2) is 34.6 Å². The summed E-state index contributed by atoms with van der Waals surface area (Å²) in [5, 5.41) is 10.4. The number of hydrogen-bond donors (Lipinski definition) is 1. The van der Waals surface area contributed by atoms with Gasteiger partial charge >= 0.3 is 5.97 Å². The van der Waals surface area contributed by atoms with Crippen molar-refractivity contribution in [3.05, 3.63) is 29.5 Å². The highest BCUT2D eigenvalue weighted by atomic mass is 16.5. The van der Waals surface area contributed by atoms with Crippen LogP contribution in [0.1, 0.15) is 29.4 Å². The number of ether oxygens (including phenoxy) is 2. The number of nitrogens with one attached hydrogen (secondary N) is 1. The number of esters is 1. The Hall–Kier alpha value is -2.37. The van der Waals surface area contributed by atoms with Crippen molar-refractivity contribution in [1.29, 1.82) is 0 Å². The third-order valence-corrected chi connectivity index (χ3v) is 3.20. The Morgan fingerprint density at radius 2 is 2.35 bits per heavy atom. The summed E-state index contributed by atoms with van der Waals surface area (Å²) in [7, 11) is 0. The topological polar surface area (TPSA) is 77.1 Å². The zero-order valence-corrected chi connectivity index (χ0v) is 11.2. The predicted molar refractivity (Wildman–Crippen MR) is 71.6 cm³/mol. The molecule has 1 aromatic carbocycles. The number of aromatic amines is 1. The first kappa shape index (κ1) is 12.7. The van der Waals surface area contributed by atoms with Crippen LogP contribution in [0.15, 0.2) is 18.2 Å². The molecular weight excluding hydrogens is 258 g/mol. The molecule has 2 heterocycles. The van der Waals surface area contributed by atoms with Crippen LogP contribution in [-0.2, 0) is 11.2 Å². The average Bonchev–Trinajstić information content (AvgIpc) is 2.96. The van der Waals surface area contributed by atoms with Crippen LogP contribution in [0.25, 0.3) is 11.3 Å². The number of fused-ring (bicyclic) bond motifs is 1. The highest BCUT2D eigenvalue weighted by molar-refractivity contribution is 5.94. The van der Waals surface area contributed by atoms with Crippen LogP contribution < -0.4 is 4.74 Å². The van der Waals surface area contributed by atoms with Gasteiger partial charge in [-0.2, -0.15) is 10.3 Å². The van der Waals surface area contributed by atoms with Gasteiger partial charge in [-0.05, 0) is 43.5 Å². The Balaban J connectivity index is 1.97. The summed E-state index contributed by atoms with van der Waals surface area (Å²) in [5.74, 6) is 0.436. The second-order valence-corrected chi connectivity index (χ2v) is 4.52. The predicted octanol–water partition coefficient (Wildman–Crippen LogP) is 1.97. The molecule has 104 valence electrons. The number of H-pyrrole nitrogens is 1. The summed E-state index contributed by atoms with van der Waals surface area (Å²) in [6.07, 6.45) is 1.97. The average molecular weight is 273 g/mol. The fourth-order valence-corrected chi connectivity index (χ4v) is 2.28. The third-order valence-electron chi connectivity index (χ3n) is 3.20. The van der Waals surface area contributed by atoms with Crippen molar-refractivity contribution < 1.29 is 14.3 Å². The molecule has 1 aromatic heterocycles. The van der Waals surface area contributed by atoms with Gasteiger partial charge in [0.25, 0.3) is 0 Å². The van der Waals surface area contributed by atoms with Gasteiger partial charge in [-0.3, -0.25) is 0 Å². The highest BCUT2D eigenvalue weighted by Gasteiger charge is 2.20. The van der Waals surface area contributed by atoms with Gasteiger partial charge < -0.3 is 9.47 Å². The summed E-state index contributed by atoms with van der Waals surface area (Å²) in [6.45, 7) is 2.82. The molecular formula is C14H15N3O3. The molecule has 0 aliphatic carbocycles. The number of nitrogens with zero attached hydrogens (tertiary/aromatic N) is 2. The lowest BCUT2D eigenvalue weighted by atomic mass is 10.0. The molecule has 0 unspecified atom stereocenters. The Bertz CT molecular complexity index is 636. The van der Waals surface area contributed by atoms with E-state index in [0.717, 1.165) is 36.3 Å². The lowest BCUT2D eigenvalue weighted by Crippen LogP contribution is -2.09. The molecule has 0 saturated heterocycles. The van der Waals surface area contributed by atoms with Crippen molar-refractivity contribution in [3.63, 3.8) is 0 Å². The molecule has 6 heteroatoms. The number of aryl methyl sites for hydroxylation is 1. The van der Waals surface area contributed by atoms with E-state index in [1.165, 1.54) is 0 Å². The minimum atomic E-state index is -0.467. The van der Waals surface area contributed by atoms with Crippen LogP contribution >= 0.6 is 0 Å². The monoisotopic (exact) mass is 273 g/mol. The first-order chi connectivity index (χ1) is 9.79. The van der Waals surface area contributed by atoms with E-state index in [0.29, 0.717) is 12.3 Å². The van der Waals surface area contributed by atoms with E-state index < -0.39 is 5.97 Å². The summed E-state index contributed by atoms with van der Waals surface area (Å²) in [5.41, 5.74) is 2.69. The molecule has 6 nitrogen and oxygen atoms in total. The van der Waals surface area contributed by atoms with Gasteiger partial charge in [0.15, 0.2) is 5.69 Å². The fourth-order valence-electron chi connectivity index (χ4n) is 2.28. The number of aromatic nitrogens is 3. The molecule has 0 atom stereocenters. The fraction of sp³-hybridized carbons (Fsp3) is 0.357. The quantitative estimate of drug-likeness (QED) is 0.865. The van der Waals surface area contributed by atoms with Gasteiger partial charge in [-0.15, -0.1) is 5.10 Å². The van der Waals surface area contributed by atoms with Crippen molar-refractivity contribution in [2.45, 2.75) is 19.8 Å². The lowest BCUT2D eigenvalue weighted by molar-refractivity contribution is 0.0520. The minimum absolute atomic E-state index is 0.212. The normalized spacial score (nSPS) is 13.4. The molecule has 20 heavy (non-hydrogen) atoms. The maximum atomic E-state index is 11.8. The van der Waals surface area contributed by atoms with Crippen LogP contribution in [0.5, 0.6) is 5.75 Å². The number of benzene rings is 1. The molecule has 3 rings (SSSR count). The van der Waals surface area contributed by atoms with E-state index in [2.05, 4.69) is 15.4 Å². The number of rotatable bonds is 3. The first-order valence-electron chi connectivity index (χ1n) is 6.63. The molecule has 1 N–H and O–H groups in total. The largest absolute Gasteiger partial charge is 0.493 e. The van der Waals surface area contributed by atoms with E-state index in [4.69, 9.17) is 9.47 Å². The Labute approximate surface area is 116 Å². The molecule has 1 aliphatic heterocycles. The Morgan fingerprint density at radius 1 is 1.45 bits per heavy atom. The van der Waals surface area contributed by atoms with E-state index in [1.54, 1.807) is 6.92 Å². The maximum Gasteiger partial charge on any atom is 0.361 e. The van der Waals surface area contributed by atoms with E-state index in [-0.39, 0.29) is 5.69 Å². The van der Waals surface area contributed by atoms with Crippen molar-refractivity contribution in [2.24, 2.45) is 0 Å². The van der Waals surface area contributed by atoms with Crippen LogP contribution in [0.4, 0.5) is 0 Å². The molecule has 0 fully saturated rings. The molecule has 0 spiro atoms. The van der Waals surface area contributed by atoms with Crippen LogP contribution in [0.3, 0.4) is 0 Å². The summed E-state index contributed by atoms with van der Waals surface area (Å²) >= 11 is 0. The second kappa shape index (κ2) is 5.32. The molecule has 0 radical (unpaired) electrons. The smallest absolute Gasteiger partial charge is 0.361 e. The summed E-state index contributed by atoms with van der Waals surface area (Å²) in [6, 6.07) is 5.78. The number of hydrogen-bond acceptors (Lipinski definition) is 5. The zero-order chi connectivity index (χ0) is 13.9. The summed E-state index contributed by atoms with van der Waals surface area (Å²) in [4.78, 5) is 11.8. The molecule has 2 aromatic rings. The Kier molecular flexibility index (Phi) is 3.37. The Morgan fingerprint density at radius 3 is 3.20 bits per heavy atom. The second-order valence-electron chi connectivity index (χ2n) is 4.52. The third kappa shape index (κ3) is 2.24. The molecule has 0 saturated carbocycles. The van der Waals surface area contributed by atoms with E-state index in [1.807, 2.05) is 18.2 Å². The van der Waals surface area contributed by atoms with Gasteiger partial charge in [0.1, 0.15) is 11.4 Å². The van der Waals surface area contributed by atoms with Crippen LogP contribution in [0, 0.1) is 0 Å². The molecule has 0 amide bonds. The van der Waals surface area contributed by atoms with E-state index in [9.17, 15) is 4.79 Å². The number of carbonyl (C=O) groups excluding carboxylic acids is 1. The van der Waals surface area contributed by atoms with Crippen molar-refractivity contribution >= 4 is 5.97 Å². The van der Waals surface area contributed by atoms with E-state index >= 15 is 0 Å². The van der Waals surface area contributed by atoms with Gasteiger partial charge in [-0.1, -0.05) is 0 Å². The van der Waals surface area contributed by atoms with Crippen LogP contribution in [0.2, 0.25) is 0 Å². The number of carbonyl (C=O) groups is 1. The molecule has 0 bridgehead atoms. The van der Waals surface area contributed by atoms with Gasteiger partial charge in [-0.25, -0.2) is 4.79 Å². The van der Waals surface area contributed by atoms with Gasteiger partial charge in [0.05, 0.1) is 13.2 Å². The highest BCUT2D eigenvalue weighted by Crippen LogP contribution is 2.30. The van der Waals surface area contributed by atoms with Crippen molar-refractivity contribution in [1.82, 2.24) is 15.4 Å².